The molecule has 0 rings (SSSR count). The number of rotatable bonds is 6. The Balaban J connectivity index is 3.75. The summed E-state index contributed by atoms with van der Waals surface area (Å²) in [7, 11) is 1.58. The second kappa shape index (κ2) is 6.62. The molecule has 0 aromatic heterocycles. The highest BCUT2D eigenvalue weighted by Crippen LogP contribution is 1.91. The predicted octanol–water partition coefficient (Wildman–Crippen LogP) is 0.0409. The van der Waals surface area contributed by atoms with Crippen molar-refractivity contribution < 1.29 is 9.53 Å². The fourth-order valence-electron chi connectivity index (χ4n) is 0.766. The molecule has 3 N–H and O–H groups in total. The van der Waals surface area contributed by atoms with Crippen LogP contribution in [0, 0.1) is 0 Å². The standard InChI is InChI=1S/C9H18N2O2/c1-4-7(2)11-9(12)8(10)5-6-13-3/h4,7-8H,1,5-6,10H2,2-3H3,(H,11,12). The van der Waals surface area contributed by atoms with E-state index >= 15 is 0 Å². The summed E-state index contributed by atoms with van der Waals surface area (Å²) in [5.74, 6) is -0.163. The van der Waals surface area contributed by atoms with Gasteiger partial charge in [-0.2, -0.15) is 0 Å². The van der Waals surface area contributed by atoms with Gasteiger partial charge >= 0.3 is 0 Å². The first-order valence-corrected chi connectivity index (χ1v) is 4.29. The minimum atomic E-state index is -0.498. The molecular formula is C9H18N2O2. The van der Waals surface area contributed by atoms with E-state index in [0.717, 1.165) is 0 Å². The molecule has 0 aliphatic rings. The molecule has 0 spiro atoms. The lowest BCUT2D eigenvalue weighted by molar-refractivity contribution is -0.123. The number of nitrogens with two attached hydrogens (primary N) is 1. The van der Waals surface area contributed by atoms with Gasteiger partial charge in [0, 0.05) is 19.8 Å². The van der Waals surface area contributed by atoms with Crippen molar-refractivity contribution in [1.29, 1.82) is 0 Å². The second-order valence-corrected chi connectivity index (χ2v) is 2.92. The lowest BCUT2D eigenvalue weighted by Crippen LogP contribution is -2.44. The minimum absolute atomic E-state index is 0.0407. The van der Waals surface area contributed by atoms with Crippen LogP contribution in [0.25, 0.3) is 0 Å². The maximum absolute atomic E-state index is 11.3. The monoisotopic (exact) mass is 186 g/mol. The molecule has 0 heterocycles. The lowest BCUT2D eigenvalue weighted by atomic mass is 10.2. The molecule has 0 radical (unpaired) electrons. The maximum atomic E-state index is 11.3. The Morgan fingerprint density at radius 1 is 1.77 bits per heavy atom. The summed E-state index contributed by atoms with van der Waals surface area (Å²) in [6.07, 6.45) is 2.19. The van der Waals surface area contributed by atoms with Crippen LogP contribution in [0.4, 0.5) is 0 Å². The van der Waals surface area contributed by atoms with Crippen LogP contribution in [0.5, 0.6) is 0 Å². The molecule has 2 atom stereocenters. The third-order valence-corrected chi connectivity index (χ3v) is 1.69. The molecule has 0 aliphatic heterocycles. The zero-order valence-electron chi connectivity index (χ0n) is 8.25. The summed E-state index contributed by atoms with van der Waals surface area (Å²) in [6, 6.07) is -0.538. The molecular weight excluding hydrogens is 168 g/mol. The van der Waals surface area contributed by atoms with Gasteiger partial charge in [0.1, 0.15) is 0 Å². The Hall–Kier alpha value is -0.870. The molecule has 1 amide bonds. The number of methoxy groups -OCH3 is 1. The van der Waals surface area contributed by atoms with Crippen molar-refractivity contribution in [3.8, 4) is 0 Å². The highest BCUT2D eigenvalue weighted by molar-refractivity contribution is 5.81. The van der Waals surface area contributed by atoms with Crippen molar-refractivity contribution in [1.82, 2.24) is 5.32 Å². The van der Waals surface area contributed by atoms with E-state index in [4.69, 9.17) is 10.5 Å². The van der Waals surface area contributed by atoms with Crippen molar-refractivity contribution in [3.05, 3.63) is 12.7 Å². The van der Waals surface area contributed by atoms with Gasteiger partial charge in [-0.1, -0.05) is 6.08 Å². The van der Waals surface area contributed by atoms with Crippen molar-refractivity contribution in [3.63, 3.8) is 0 Å². The molecule has 0 saturated carbocycles. The van der Waals surface area contributed by atoms with Crippen molar-refractivity contribution >= 4 is 5.91 Å². The van der Waals surface area contributed by atoms with E-state index in [0.29, 0.717) is 13.0 Å². The minimum Gasteiger partial charge on any atom is -0.385 e. The van der Waals surface area contributed by atoms with Crippen LogP contribution in [0.1, 0.15) is 13.3 Å². The third-order valence-electron chi connectivity index (χ3n) is 1.69. The topological polar surface area (TPSA) is 64.4 Å². The molecule has 0 aromatic carbocycles. The van der Waals surface area contributed by atoms with Crippen LogP contribution in [-0.2, 0) is 9.53 Å². The average molecular weight is 186 g/mol. The molecule has 13 heavy (non-hydrogen) atoms. The predicted molar refractivity (Wildman–Crippen MR) is 52.3 cm³/mol. The number of ether oxygens (including phenoxy) is 1. The maximum Gasteiger partial charge on any atom is 0.237 e. The van der Waals surface area contributed by atoms with Gasteiger partial charge in [-0.15, -0.1) is 6.58 Å². The zero-order chi connectivity index (χ0) is 10.3. The van der Waals surface area contributed by atoms with Gasteiger partial charge in [0.25, 0.3) is 0 Å². The van der Waals surface area contributed by atoms with E-state index < -0.39 is 6.04 Å². The highest BCUT2D eigenvalue weighted by Gasteiger charge is 2.13. The Morgan fingerprint density at radius 3 is 2.85 bits per heavy atom. The molecule has 76 valence electrons. The van der Waals surface area contributed by atoms with Crippen LogP contribution in [0.3, 0.4) is 0 Å². The van der Waals surface area contributed by atoms with E-state index in [9.17, 15) is 4.79 Å². The molecule has 2 unspecified atom stereocenters. The van der Waals surface area contributed by atoms with Gasteiger partial charge in [0.2, 0.25) is 5.91 Å². The van der Waals surface area contributed by atoms with Crippen LogP contribution in [0.15, 0.2) is 12.7 Å². The van der Waals surface area contributed by atoms with Crippen molar-refractivity contribution in [2.24, 2.45) is 5.73 Å². The smallest absolute Gasteiger partial charge is 0.237 e. The van der Waals surface area contributed by atoms with Crippen LogP contribution >= 0.6 is 0 Å². The average Bonchev–Trinajstić information content (AvgIpc) is 2.13. The van der Waals surface area contributed by atoms with E-state index in [1.165, 1.54) is 0 Å². The second-order valence-electron chi connectivity index (χ2n) is 2.92. The van der Waals surface area contributed by atoms with E-state index in [1.54, 1.807) is 13.2 Å². The Bertz CT molecular complexity index is 171. The molecule has 0 aromatic rings. The number of carbonyl (C=O) groups excluding carboxylic acids is 1. The summed E-state index contributed by atoms with van der Waals surface area (Å²) in [5, 5.41) is 2.70. The molecule has 0 saturated heterocycles. The molecule has 0 aliphatic carbocycles. The Morgan fingerprint density at radius 2 is 2.38 bits per heavy atom. The largest absolute Gasteiger partial charge is 0.385 e. The summed E-state index contributed by atoms with van der Waals surface area (Å²) in [6.45, 7) is 5.89. The van der Waals surface area contributed by atoms with Gasteiger partial charge in [-0.25, -0.2) is 0 Å². The first kappa shape index (κ1) is 12.1. The third kappa shape index (κ3) is 5.38. The van der Waals surface area contributed by atoms with Gasteiger partial charge in [-0.05, 0) is 13.3 Å². The number of amides is 1. The number of hydrogen-bond donors (Lipinski definition) is 2. The number of nitrogens with one attached hydrogen (secondary N) is 1. The quantitative estimate of drug-likeness (QED) is 0.576. The van der Waals surface area contributed by atoms with Crippen LogP contribution < -0.4 is 11.1 Å². The van der Waals surface area contributed by atoms with Gasteiger partial charge in [0.05, 0.1) is 6.04 Å². The van der Waals surface area contributed by atoms with E-state index in [2.05, 4.69) is 11.9 Å². The summed E-state index contributed by atoms with van der Waals surface area (Å²) in [4.78, 5) is 11.3. The van der Waals surface area contributed by atoms with Gasteiger partial charge < -0.3 is 15.8 Å². The summed E-state index contributed by atoms with van der Waals surface area (Å²) in [5.41, 5.74) is 5.58. The molecule has 0 bridgehead atoms. The van der Waals surface area contributed by atoms with E-state index in [-0.39, 0.29) is 11.9 Å². The van der Waals surface area contributed by atoms with Gasteiger partial charge in [0.15, 0.2) is 0 Å². The first-order chi connectivity index (χ1) is 6.11. The Kier molecular flexibility index (Phi) is 6.18. The summed E-state index contributed by atoms with van der Waals surface area (Å²) >= 11 is 0. The van der Waals surface area contributed by atoms with Crippen LogP contribution in [-0.4, -0.2) is 31.7 Å². The normalized spacial score (nSPS) is 14.7. The highest BCUT2D eigenvalue weighted by atomic mass is 16.5. The lowest BCUT2D eigenvalue weighted by Gasteiger charge is -2.14. The molecule has 0 fully saturated rings. The zero-order valence-corrected chi connectivity index (χ0v) is 8.25. The number of carbonyl (C=O) groups is 1. The molecule has 4 heteroatoms. The summed E-state index contributed by atoms with van der Waals surface area (Å²) < 4.78 is 4.81. The van der Waals surface area contributed by atoms with Crippen LogP contribution in [0.2, 0.25) is 0 Å². The Labute approximate surface area is 79.1 Å². The molecule has 4 nitrogen and oxygen atoms in total. The van der Waals surface area contributed by atoms with Gasteiger partial charge in [-0.3, -0.25) is 4.79 Å². The van der Waals surface area contributed by atoms with Crippen molar-refractivity contribution in [2.75, 3.05) is 13.7 Å². The first-order valence-electron chi connectivity index (χ1n) is 4.29. The fourth-order valence-corrected chi connectivity index (χ4v) is 0.766. The van der Waals surface area contributed by atoms with E-state index in [1.807, 2.05) is 6.92 Å². The fraction of sp³-hybridized carbons (Fsp3) is 0.667. The SMILES string of the molecule is C=CC(C)NC(=O)C(N)CCOC. The number of hydrogen-bond acceptors (Lipinski definition) is 3. The van der Waals surface area contributed by atoms with Crippen molar-refractivity contribution in [2.45, 2.75) is 25.4 Å².